The Kier molecular flexibility index (Phi) is 3.67. The van der Waals surface area contributed by atoms with E-state index in [1.54, 1.807) is 18.2 Å². The molecule has 0 aromatic heterocycles. The van der Waals surface area contributed by atoms with E-state index in [1.807, 2.05) is 6.08 Å². The topological polar surface area (TPSA) is 55.8 Å². The highest BCUT2D eigenvalue weighted by molar-refractivity contribution is 5.87. The number of hydrogen-bond acceptors (Lipinski definition) is 4. The molecule has 1 N–H and O–H groups in total. The molecule has 0 spiro atoms. The first kappa shape index (κ1) is 12.2. The van der Waals surface area contributed by atoms with Gasteiger partial charge in [-0.15, -0.1) is 0 Å². The minimum absolute atomic E-state index is 0.0665. The summed E-state index contributed by atoms with van der Waals surface area (Å²) in [5.41, 5.74) is 0.754. The van der Waals surface area contributed by atoms with Gasteiger partial charge in [0.2, 0.25) is 0 Å². The van der Waals surface area contributed by atoms with Gasteiger partial charge in [-0.25, -0.2) is 4.79 Å². The summed E-state index contributed by atoms with van der Waals surface area (Å²) in [6.45, 7) is 0. The third-order valence-electron chi connectivity index (χ3n) is 2.61. The van der Waals surface area contributed by atoms with Crippen LogP contribution in [0.15, 0.2) is 36.1 Å². The van der Waals surface area contributed by atoms with Gasteiger partial charge < -0.3 is 14.6 Å². The summed E-state index contributed by atoms with van der Waals surface area (Å²) in [5.74, 6) is 0.769. The first-order valence-electron chi connectivity index (χ1n) is 5.65. The summed E-state index contributed by atoms with van der Waals surface area (Å²) in [4.78, 5) is 11.4. The molecule has 0 saturated heterocycles. The quantitative estimate of drug-likeness (QED) is 0.655. The van der Waals surface area contributed by atoms with Gasteiger partial charge in [-0.3, -0.25) is 0 Å². The first-order valence-corrected chi connectivity index (χ1v) is 5.65. The van der Waals surface area contributed by atoms with E-state index >= 15 is 0 Å². The van der Waals surface area contributed by atoms with Crippen molar-refractivity contribution in [1.82, 2.24) is 0 Å². The monoisotopic (exact) mass is 246 g/mol. The van der Waals surface area contributed by atoms with Gasteiger partial charge >= 0.3 is 5.97 Å². The number of methoxy groups -OCH3 is 1. The summed E-state index contributed by atoms with van der Waals surface area (Å²) < 4.78 is 10.0. The fourth-order valence-corrected chi connectivity index (χ4v) is 1.48. The Hall–Kier alpha value is -2.23. The maximum Gasteiger partial charge on any atom is 0.335 e. The number of hydrogen-bond donors (Lipinski definition) is 1. The van der Waals surface area contributed by atoms with Crippen molar-refractivity contribution in [3.63, 3.8) is 0 Å². The lowest BCUT2D eigenvalue weighted by Gasteiger charge is -2.12. The average Bonchev–Trinajstić information content (AvgIpc) is 2.33. The number of carbonyl (C=O) groups excluding carboxylic acids is 1. The largest absolute Gasteiger partial charge is 0.504 e. The summed E-state index contributed by atoms with van der Waals surface area (Å²) in [7, 11) is 1.47. The van der Waals surface area contributed by atoms with E-state index in [2.05, 4.69) is 0 Å². The van der Waals surface area contributed by atoms with Crippen LogP contribution in [0.3, 0.4) is 0 Å². The average molecular weight is 246 g/mol. The summed E-state index contributed by atoms with van der Waals surface area (Å²) in [6, 6.07) is 4.84. The number of ether oxygens (including phenoxy) is 2. The van der Waals surface area contributed by atoms with Gasteiger partial charge in [0, 0.05) is 12.5 Å². The SMILES string of the molecule is COc1cc(C=CC(=O)OC2=CCC2)ccc1O. The summed E-state index contributed by atoms with van der Waals surface area (Å²) >= 11 is 0. The van der Waals surface area contributed by atoms with Crippen LogP contribution in [0.4, 0.5) is 0 Å². The molecular formula is C14H14O4. The normalized spacial score (nSPS) is 13.9. The summed E-state index contributed by atoms with van der Waals surface area (Å²) in [6.07, 6.45) is 6.65. The van der Waals surface area contributed by atoms with E-state index in [0.717, 1.165) is 24.2 Å². The van der Waals surface area contributed by atoms with Crippen LogP contribution in [0.5, 0.6) is 11.5 Å². The Morgan fingerprint density at radius 3 is 2.83 bits per heavy atom. The van der Waals surface area contributed by atoms with Crippen LogP contribution in [0.2, 0.25) is 0 Å². The Labute approximate surface area is 105 Å². The number of aromatic hydroxyl groups is 1. The molecule has 0 amide bonds. The second-order valence-electron chi connectivity index (χ2n) is 3.89. The molecule has 18 heavy (non-hydrogen) atoms. The van der Waals surface area contributed by atoms with Gasteiger partial charge in [-0.2, -0.15) is 0 Å². The highest BCUT2D eigenvalue weighted by atomic mass is 16.5. The standard InChI is InChI=1S/C14H14O4/c1-17-13-9-10(5-7-12(13)15)6-8-14(16)18-11-3-2-4-11/h3,5-9,15H,2,4H2,1H3. The molecule has 1 aromatic rings. The molecule has 0 saturated carbocycles. The van der Waals surface area contributed by atoms with E-state index in [-0.39, 0.29) is 5.75 Å². The molecule has 4 heteroatoms. The van der Waals surface area contributed by atoms with E-state index in [4.69, 9.17) is 9.47 Å². The molecule has 0 atom stereocenters. The molecule has 0 fully saturated rings. The molecule has 0 unspecified atom stereocenters. The van der Waals surface area contributed by atoms with Crippen LogP contribution < -0.4 is 4.74 Å². The van der Waals surface area contributed by atoms with Gasteiger partial charge in [-0.05, 0) is 36.3 Å². The van der Waals surface area contributed by atoms with Crippen molar-refractivity contribution in [3.05, 3.63) is 41.7 Å². The molecule has 1 aromatic carbocycles. The molecule has 1 aliphatic carbocycles. The molecule has 2 rings (SSSR count). The summed E-state index contributed by atoms with van der Waals surface area (Å²) in [5, 5.41) is 9.42. The predicted octanol–water partition coefficient (Wildman–Crippen LogP) is 2.63. The number of rotatable bonds is 4. The van der Waals surface area contributed by atoms with Crippen molar-refractivity contribution in [2.24, 2.45) is 0 Å². The van der Waals surface area contributed by atoms with Crippen molar-refractivity contribution in [2.75, 3.05) is 7.11 Å². The third kappa shape index (κ3) is 2.91. The highest BCUT2D eigenvalue weighted by Gasteiger charge is 2.09. The highest BCUT2D eigenvalue weighted by Crippen LogP contribution is 2.26. The van der Waals surface area contributed by atoms with Crippen LogP contribution in [0.1, 0.15) is 18.4 Å². The lowest BCUT2D eigenvalue weighted by atomic mass is 10.1. The molecular weight excluding hydrogens is 232 g/mol. The maximum absolute atomic E-state index is 11.4. The van der Waals surface area contributed by atoms with Gasteiger partial charge in [0.1, 0.15) is 5.76 Å². The van der Waals surface area contributed by atoms with E-state index < -0.39 is 5.97 Å². The van der Waals surface area contributed by atoms with Crippen LogP contribution >= 0.6 is 0 Å². The molecule has 0 bridgehead atoms. The Morgan fingerprint density at radius 1 is 1.44 bits per heavy atom. The van der Waals surface area contributed by atoms with E-state index in [9.17, 15) is 9.90 Å². The maximum atomic E-state index is 11.4. The zero-order chi connectivity index (χ0) is 13.0. The fourth-order valence-electron chi connectivity index (χ4n) is 1.48. The Morgan fingerprint density at radius 2 is 2.22 bits per heavy atom. The number of carbonyl (C=O) groups is 1. The molecule has 4 nitrogen and oxygen atoms in total. The van der Waals surface area contributed by atoms with Gasteiger partial charge in [0.25, 0.3) is 0 Å². The van der Waals surface area contributed by atoms with Crippen LogP contribution in [-0.4, -0.2) is 18.2 Å². The van der Waals surface area contributed by atoms with Gasteiger partial charge in [0.15, 0.2) is 11.5 Å². The van der Waals surface area contributed by atoms with Crippen molar-refractivity contribution in [3.8, 4) is 11.5 Å². The molecule has 0 heterocycles. The van der Waals surface area contributed by atoms with Crippen LogP contribution in [-0.2, 0) is 9.53 Å². The molecule has 0 aliphatic heterocycles. The Balaban J connectivity index is 2.01. The Bertz CT molecular complexity index is 515. The van der Waals surface area contributed by atoms with Crippen molar-refractivity contribution in [1.29, 1.82) is 0 Å². The van der Waals surface area contributed by atoms with Crippen LogP contribution in [0.25, 0.3) is 6.08 Å². The van der Waals surface area contributed by atoms with Crippen LogP contribution in [0, 0.1) is 0 Å². The van der Waals surface area contributed by atoms with E-state index in [1.165, 1.54) is 19.3 Å². The minimum Gasteiger partial charge on any atom is -0.504 e. The van der Waals surface area contributed by atoms with Gasteiger partial charge in [-0.1, -0.05) is 6.07 Å². The molecule has 94 valence electrons. The second-order valence-corrected chi connectivity index (χ2v) is 3.89. The fraction of sp³-hybridized carbons (Fsp3) is 0.214. The third-order valence-corrected chi connectivity index (χ3v) is 2.61. The number of benzene rings is 1. The number of phenols is 1. The lowest BCUT2D eigenvalue weighted by molar-refractivity contribution is -0.134. The molecule has 0 radical (unpaired) electrons. The number of esters is 1. The smallest absolute Gasteiger partial charge is 0.335 e. The lowest BCUT2D eigenvalue weighted by Crippen LogP contribution is -2.05. The number of phenolic OH excluding ortho intramolecular Hbond substituents is 1. The van der Waals surface area contributed by atoms with E-state index in [0.29, 0.717) is 5.75 Å². The van der Waals surface area contributed by atoms with Crippen molar-refractivity contribution < 1.29 is 19.4 Å². The molecule has 1 aliphatic rings. The van der Waals surface area contributed by atoms with Crippen molar-refractivity contribution >= 4 is 12.0 Å². The predicted molar refractivity (Wildman–Crippen MR) is 67.1 cm³/mol. The first-order chi connectivity index (χ1) is 8.69. The second kappa shape index (κ2) is 5.40. The number of allylic oxidation sites excluding steroid dienone is 2. The van der Waals surface area contributed by atoms with Crippen molar-refractivity contribution in [2.45, 2.75) is 12.8 Å². The minimum atomic E-state index is -0.395. The van der Waals surface area contributed by atoms with Gasteiger partial charge in [0.05, 0.1) is 7.11 Å². The zero-order valence-electron chi connectivity index (χ0n) is 10.1. The zero-order valence-corrected chi connectivity index (χ0v) is 10.1.